The van der Waals surface area contributed by atoms with Crippen LogP contribution in [0.25, 0.3) is 0 Å². The largest absolute Gasteiger partial charge is 0.444 e. The summed E-state index contributed by atoms with van der Waals surface area (Å²) in [5.74, 6) is -0.250. The van der Waals surface area contributed by atoms with E-state index in [1.165, 1.54) is 7.11 Å². The van der Waals surface area contributed by atoms with Crippen molar-refractivity contribution in [2.75, 3.05) is 20.2 Å². The van der Waals surface area contributed by atoms with Crippen molar-refractivity contribution >= 4 is 12.0 Å². The molecule has 1 aromatic carbocycles. The maximum atomic E-state index is 12.1. The first-order valence-electron chi connectivity index (χ1n) is 7.16. The molecular weight excluding hydrogens is 284 g/mol. The van der Waals surface area contributed by atoms with Crippen LogP contribution in [0.3, 0.4) is 0 Å². The SMILES string of the molecule is CO[C@H](C(=O)NCCNC(=O)OC(C)(C)C)c1ccccc1. The van der Waals surface area contributed by atoms with E-state index in [4.69, 9.17) is 9.47 Å². The Morgan fingerprint density at radius 2 is 1.68 bits per heavy atom. The van der Waals surface area contributed by atoms with Gasteiger partial charge in [-0.15, -0.1) is 0 Å². The second kappa shape index (κ2) is 8.38. The minimum atomic E-state index is -0.664. The van der Waals surface area contributed by atoms with Crippen LogP contribution in [0, 0.1) is 0 Å². The highest BCUT2D eigenvalue weighted by Crippen LogP contribution is 2.15. The van der Waals surface area contributed by atoms with Gasteiger partial charge in [0, 0.05) is 20.2 Å². The lowest BCUT2D eigenvalue weighted by molar-refractivity contribution is -0.131. The molecule has 0 aliphatic rings. The van der Waals surface area contributed by atoms with E-state index in [1.807, 2.05) is 30.3 Å². The van der Waals surface area contributed by atoms with Crippen LogP contribution < -0.4 is 10.6 Å². The molecule has 1 aromatic rings. The van der Waals surface area contributed by atoms with Crippen molar-refractivity contribution in [1.82, 2.24) is 10.6 Å². The zero-order valence-corrected chi connectivity index (χ0v) is 13.5. The second-order valence-corrected chi connectivity index (χ2v) is 5.75. The molecular formula is C16H24N2O4. The third-order valence-corrected chi connectivity index (χ3v) is 2.67. The number of nitrogens with one attached hydrogen (secondary N) is 2. The summed E-state index contributed by atoms with van der Waals surface area (Å²) in [6.45, 7) is 5.95. The highest BCUT2D eigenvalue weighted by atomic mass is 16.6. The number of alkyl carbamates (subject to hydrolysis) is 1. The molecule has 1 atom stereocenters. The predicted molar refractivity (Wildman–Crippen MR) is 83.4 cm³/mol. The lowest BCUT2D eigenvalue weighted by Gasteiger charge is -2.20. The fourth-order valence-corrected chi connectivity index (χ4v) is 1.78. The molecule has 0 fully saturated rings. The summed E-state index contributed by atoms with van der Waals surface area (Å²) >= 11 is 0. The van der Waals surface area contributed by atoms with Gasteiger partial charge >= 0.3 is 6.09 Å². The highest BCUT2D eigenvalue weighted by molar-refractivity contribution is 5.82. The molecule has 2 N–H and O–H groups in total. The lowest BCUT2D eigenvalue weighted by atomic mass is 10.1. The van der Waals surface area contributed by atoms with E-state index in [0.717, 1.165) is 5.56 Å². The number of benzene rings is 1. The Labute approximate surface area is 131 Å². The van der Waals surface area contributed by atoms with Gasteiger partial charge in [-0.3, -0.25) is 4.79 Å². The molecule has 0 aromatic heterocycles. The smallest absolute Gasteiger partial charge is 0.407 e. The van der Waals surface area contributed by atoms with Crippen molar-refractivity contribution in [3.63, 3.8) is 0 Å². The molecule has 1 rings (SSSR count). The van der Waals surface area contributed by atoms with E-state index >= 15 is 0 Å². The molecule has 6 heteroatoms. The minimum Gasteiger partial charge on any atom is -0.444 e. The van der Waals surface area contributed by atoms with Crippen molar-refractivity contribution in [3.8, 4) is 0 Å². The Hall–Kier alpha value is -2.08. The van der Waals surface area contributed by atoms with E-state index in [2.05, 4.69) is 10.6 Å². The molecule has 0 radical (unpaired) electrons. The van der Waals surface area contributed by atoms with Gasteiger partial charge < -0.3 is 20.1 Å². The molecule has 122 valence electrons. The zero-order valence-electron chi connectivity index (χ0n) is 13.5. The molecule has 0 aliphatic carbocycles. The van der Waals surface area contributed by atoms with Crippen molar-refractivity contribution in [3.05, 3.63) is 35.9 Å². The molecule has 0 spiro atoms. The summed E-state index contributed by atoms with van der Waals surface area (Å²) in [6.07, 6.45) is -1.17. The van der Waals surface area contributed by atoms with Gasteiger partial charge in [-0.2, -0.15) is 0 Å². The van der Waals surface area contributed by atoms with Crippen LogP contribution in [0.1, 0.15) is 32.4 Å². The number of amides is 2. The Kier molecular flexibility index (Phi) is 6.85. The maximum Gasteiger partial charge on any atom is 0.407 e. The standard InChI is InChI=1S/C16H24N2O4/c1-16(2,3)22-15(20)18-11-10-17-14(19)13(21-4)12-8-6-5-7-9-12/h5-9,13H,10-11H2,1-4H3,(H,17,19)(H,18,20)/t13-/m0/s1. The summed E-state index contributed by atoms with van der Waals surface area (Å²) in [6, 6.07) is 9.22. The fourth-order valence-electron chi connectivity index (χ4n) is 1.78. The number of methoxy groups -OCH3 is 1. The van der Waals surface area contributed by atoms with Crippen molar-refractivity contribution < 1.29 is 19.1 Å². The molecule has 0 saturated carbocycles. The molecule has 0 heterocycles. The first kappa shape index (κ1) is 18.0. The number of hydrogen-bond donors (Lipinski definition) is 2. The van der Waals surface area contributed by atoms with E-state index in [1.54, 1.807) is 20.8 Å². The minimum absolute atomic E-state index is 0.250. The van der Waals surface area contributed by atoms with Gasteiger partial charge in [0.05, 0.1) is 0 Å². The predicted octanol–water partition coefficient (Wildman–Crippen LogP) is 2.01. The van der Waals surface area contributed by atoms with Crippen LogP contribution in [0.4, 0.5) is 4.79 Å². The van der Waals surface area contributed by atoms with E-state index in [-0.39, 0.29) is 12.5 Å². The average Bonchev–Trinajstić information content (AvgIpc) is 2.44. The van der Waals surface area contributed by atoms with Gasteiger partial charge in [-0.05, 0) is 26.3 Å². The van der Waals surface area contributed by atoms with Crippen LogP contribution >= 0.6 is 0 Å². The van der Waals surface area contributed by atoms with E-state index in [9.17, 15) is 9.59 Å². The number of carbonyl (C=O) groups excluding carboxylic acids is 2. The van der Waals surface area contributed by atoms with Gasteiger partial charge in [-0.1, -0.05) is 30.3 Å². The van der Waals surface area contributed by atoms with Crippen molar-refractivity contribution in [1.29, 1.82) is 0 Å². The summed E-state index contributed by atoms with van der Waals surface area (Å²) in [7, 11) is 1.48. The number of ether oxygens (including phenoxy) is 2. The van der Waals surface area contributed by atoms with Gasteiger partial charge in [0.1, 0.15) is 5.60 Å². The van der Waals surface area contributed by atoms with Crippen LogP contribution in [-0.4, -0.2) is 37.8 Å². The summed E-state index contributed by atoms with van der Waals surface area (Å²) in [4.78, 5) is 23.5. The quantitative estimate of drug-likeness (QED) is 0.788. The lowest BCUT2D eigenvalue weighted by Crippen LogP contribution is -2.39. The van der Waals surface area contributed by atoms with E-state index < -0.39 is 17.8 Å². The van der Waals surface area contributed by atoms with E-state index in [0.29, 0.717) is 6.54 Å². The number of carbonyl (C=O) groups is 2. The van der Waals surface area contributed by atoms with Crippen molar-refractivity contribution in [2.24, 2.45) is 0 Å². The Bertz CT molecular complexity index is 483. The molecule has 22 heavy (non-hydrogen) atoms. The first-order chi connectivity index (χ1) is 10.3. The Morgan fingerprint density at radius 3 is 2.23 bits per heavy atom. The van der Waals surface area contributed by atoms with Crippen LogP contribution in [0.2, 0.25) is 0 Å². The molecule has 0 bridgehead atoms. The third kappa shape index (κ3) is 6.58. The molecule has 6 nitrogen and oxygen atoms in total. The van der Waals surface area contributed by atoms with Crippen molar-refractivity contribution in [2.45, 2.75) is 32.5 Å². The first-order valence-corrected chi connectivity index (χ1v) is 7.16. The monoisotopic (exact) mass is 308 g/mol. The third-order valence-electron chi connectivity index (χ3n) is 2.67. The summed E-state index contributed by atoms with van der Waals surface area (Å²) in [5, 5.41) is 5.29. The number of rotatable bonds is 6. The van der Waals surface area contributed by atoms with Gasteiger partial charge in [0.2, 0.25) is 0 Å². The van der Waals surface area contributed by atoms with Crippen LogP contribution in [-0.2, 0) is 14.3 Å². The fraction of sp³-hybridized carbons (Fsp3) is 0.500. The maximum absolute atomic E-state index is 12.1. The summed E-state index contributed by atoms with van der Waals surface area (Å²) in [5.41, 5.74) is 0.240. The molecule has 0 saturated heterocycles. The van der Waals surface area contributed by atoms with Gasteiger partial charge in [-0.25, -0.2) is 4.79 Å². The molecule has 0 unspecified atom stereocenters. The topological polar surface area (TPSA) is 76.7 Å². The Balaban J connectivity index is 2.35. The highest BCUT2D eigenvalue weighted by Gasteiger charge is 2.19. The molecule has 2 amide bonds. The van der Waals surface area contributed by atoms with Gasteiger partial charge in [0.15, 0.2) is 6.10 Å². The average molecular weight is 308 g/mol. The van der Waals surface area contributed by atoms with Gasteiger partial charge in [0.25, 0.3) is 5.91 Å². The second-order valence-electron chi connectivity index (χ2n) is 5.75. The molecule has 0 aliphatic heterocycles. The Morgan fingerprint density at radius 1 is 1.09 bits per heavy atom. The van der Waals surface area contributed by atoms with Crippen LogP contribution in [0.5, 0.6) is 0 Å². The number of hydrogen-bond acceptors (Lipinski definition) is 4. The normalized spacial score (nSPS) is 12.4. The van der Waals surface area contributed by atoms with Crippen LogP contribution in [0.15, 0.2) is 30.3 Å². The summed E-state index contributed by atoms with van der Waals surface area (Å²) < 4.78 is 10.3. The zero-order chi connectivity index (χ0) is 16.6.